The van der Waals surface area contributed by atoms with Gasteiger partial charge in [-0.25, -0.2) is 4.98 Å². The van der Waals surface area contributed by atoms with Gasteiger partial charge in [0.2, 0.25) is 0 Å². The van der Waals surface area contributed by atoms with Crippen molar-refractivity contribution < 1.29 is 25.8 Å². The second-order valence-electron chi connectivity index (χ2n) is 18.7. The predicted molar refractivity (Wildman–Crippen MR) is 291 cm³/mol. The van der Waals surface area contributed by atoms with E-state index in [1.165, 1.54) is 30.4 Å². The van der Waals surface area contributed by atoms with E-state index in [2.05, 4.69) is 252 Å². The predicted octanol–water partition coefficient (Wildman–Crippen LogP) is 17.2. The molecule has 1 aliphatic heterocycles. The Kier molecular flexibility index (Phi) is 12.1. The molecule has 1 fully saturated rings. The molecule has 0 unspecified atom stereocenters. The van der Waals surface area contributed by atoms with Gasteiger partial charge < -0.3 is 19.1 Å². The monoisotopic (exact) mass is 1110 g/mol. The molecule has 9 aromatic carbocycles. The van der Waals surface area contributed by atoms with E-state index in [0.717, 1.165) is 96.6 Å². The number of ether oxygens (including phenoxy) is 1. The second-order valence-corrected chi connectivity index (χ2v) is 18.7. The SMILES string of the molecule is [Pt].[c-]1c(Oc2[c-]c3c(cc2)c2ccccc2n3-c2cc(C3(c4ccccc4)CCCCC3)ccn2)cc(-c2ccccc2)cc1N1[CH-]N(c2c(-c3ccccc3)cccc2-c2ccccc2)c2ccccc21. The standard InChI is InChI=1S/C66H49N4O.Pt/c1-6-21-47(22-7-1)50-41-53(68-46-69(62-34-17-16-33-61(62)68)65-56(48-23-8-2-9-24-48)30-20-31-57(65)49-25-10-3-11-26-49)44-55(42-50)71-54-35-36-59-58-29-14-15-32-60(58)70(63(59)45-54)64-43-52(37-40-67-64)66(38-18-5-19-39-66)51-27-12-4-13-28-51;/h1-4,6-17,20-37,40-43,46H,5,18-19,38-39H2;/q-3;. The van der Waals surface area contributed by atoms with Crippen LogP contribution < -0.4 is 14.5 Å². The molecule has 0 N–H and O–H groups in total. The molecule has 0 atom stereocenters. The molecule has 0 amide bonds. The van der Waals surface area contributed by atoms with E-state index in [1.54, 1.807) is 0 Å². The van der Waals surface area contributed by atoms with Crippen LogP contribution in [0.25, 0.3) is 61.0 Å². The van der Waals surface area contributed by atoms with Gasteiger partial charge in [-0.15, -0.1) is 53.6 Å². The second kappa shape index (κ2) is 19.3. The normalized spacial score (nSPS) is 14.0. The number of hydrogen-bond donors (Lipinski definition) is 0. The number of hydrogen-bond acceptors (Lipinski definition) is 4. The summed E-state index contributed by atoms with van der Waals surface area (Å²) < 4.78 is 9.25. The molecular formula is C66H49N4OPt-3. The van der Waals surface area contributed by atoms with Crippen molar-refractivity contribution in [3.63, 3.8) is 0 Å². The first kappa shape index (κ1) is 45.2. The largest absolute Gasteiger partial charge is 0.509 e. The Labute approximate surface area is 435 Å². The van der Waals surface area contributed by atoms with Crippen molar-refractivity contribution in [3.05, 3.63) is 261 Å². The van der Waals surface area contributed by atoms with Crippen LogP contribution in [-0.2, 0) is 26.5 Å². The summed E-state index contributed by atoms with van der Waals surface area (Å²) in [5, 5.41) is 2.23. The third-order valence-corrected chi connectivity index (χ3v) is 14.6. The molecule has 2 aromatic heterocycles. The zero-order valence-corrected chi connectivity index (χ0v) is 41.8. The molecule has 352 valence electrons. The number of para-hydroxylation sites is 4. The van der Waals surface area contributed by atoms with Gasteiger partial charge in [-0.3, -0.25) is 0 Å². The average molecular weight is 1110 g/mol. The summed E-state index contributed by atoms with van der Waals surface area (Å²) in [7, 11) is 0. The van der Waals surface area contributed by atoms with Crippen molar-refractivity contribution in [2.45, 2.75) is 37.5 Å². The van der Waals surface area contributed by atoms with Crippen molar-refractivity contribution in [1.29, 1.82) is 0 Å². The Bertz CT molecular complexity index is 3640. The fourth-order valence-electron chi connectivity index (χ4n) is 11.3. The number of anilines is 4. The molecule has 0 bridgehead atoms. The minimum absolute atomic E-state index is 0. The van der Waals surface area contributed by atoms with Gasteiger partial charge in [-0.2, -0.15) is 6.07 Å². The maximum atomic E-state index is 6.98. The van der Waals surface area contributed by atoms with E-state index in [-0.39, 0.29) is 26.5 Å². The zero-order valence-electron chi connectivity index (χ0n) is 39.6. The van der Waals surface area contributed by atoms with Gasteiger partial charge in [-0.05, 0) is 76.4 Å². The molecule has 6 heteroatoms. The Morgan fingerprint density at radius 3 is 1.78 bits per heavy atom. The van der Waals surface area contributed by atoms with E-state index in [9.17, 15) is 0 Å². The minimum Gasteiger partial charge on any atom is -0.509 e. The third-order valence-electron chi connectivity index (χ3n) is 14.6. The fourth-order valence-corrected chi connectivity index (χ4v) is 11.3. The average Bonchev–Trinajstić information content (AvgIpc) is 4.00. The zero-order chi connectivity index (χ0) is 47.1. The van der Waals surface area contributed by atoms with E-state index >= 15 is 0 Å². The first-order valence-corrected chi connectivity index (χ1v) is 24.7. The van der Waals surface area contributed by atoms with E-state index in [0.29, 0.717) is 11.5 Å². The van der Waals surface area contributed by atoms with Crippen molar-refractivity contribution >= 4 is 44.6 Å². The fraction of sp³-hybridized carbons (Fsp3) is 0.0909. The molecule has 13 rings (SSSR count). The molecule has 1 saturated carbocycles. The van der Waals surface area contributed by atoms with Crippen molar-refractivity contribution in [1.82, 2.24) is 9.55 Å². The number of rotatable bonds is 10. The van der Waals surface area contributed by atoms with Crippen LogP contribution in [0.5, 0.6) is 11.5 Å². The molecule has 3 heterocycles. The smallest absolute Gasteiger partial charge is 0.135 e. The summed E-state index contributed by atoms with van der Waals surface area (Å²) in [5.41, 5.74) is 15.3. The van der Waals surface area contributed by atoms with Gasteiger partial charge in [0.25, 0.3) is 0 Å². The Hall–Kier alpha value is -7.98. The summed E-state index contributed by atoms with van der Waals surface area (Å²) in [4.78, 5) is 9.67. The van der Waals surface area contributed by atoms with Gasteiger partial charge in [0.1, 0.15) is 5.82 Å². The Morgan fingerprint density at radius 2 is 1.08 bits per heavy atom. The first-order chi connectivity index (χ1) is 35.2. The van der Waals surface area contributed by atoms with Crippen LogP contribution in [0.2, 0.25) is 0 Å². The molecule has 72 heavy (non-hydrogen) atoms. The van der Waals surface area contributed by atoms with E-state index in [4.69, 9.17) is 9.72 Å². The molecule has 5 nitrogen and oxygen atoms in total. The van der Waals surface area contributed by atoms with Gasteiger partial charge >= 0.3 is 0 Å². The maximum absolute atomic E-state index is 6.98. The summed E-state index contributed by atoms with van der Waals surface area (Å²) in [6.07, 6.45) is 7.91. The Morgan fingerprint density at radius 1 is 0.472 bits per heavy atom. The van der Waals surface area contributed by atoms with Gasteiger partial charge in [0.15, 0.2) is 0 Å². The number of nitrogens with zero attached hydrogens (tertiary/aromatic N) is 4. The Balaban J connectivity index is 0.00000530. The first-order valence-electron chi connectivity index (χ1n) is 24.7. The number of pyridine rings is 1. The molecule has 11 aromatic rings. The van der Waals surface area contributed by atoms with Crippen LogP contribution in [-0.4, -0.2) is 9.55 Å². The summed E-state index contributed by atoms with van der Waals surface area (Å²) in [6, 6.07) is 87.3. The number of benzene rings is 9. The maximum Gasteiger partial charge on any atom is 0.135 e. The third kappa shape index (κ3) is 8.08. The summed E-state index contributed by atoms with van der Waals surface area (Å²) >= 11 is 0. The van der Waals surface area contributed by atoms with Crippen LogP contribution in [0.3, 0.4) is 0 Å². The topological polar surface area (TPSA) is 33.5 Å². The summed E-state index contributed by atoms with van der Waals surface area (Å²) in [5.74, 6) is 2.05. The van der Waals surface area contributed by atoms with Crippen LogP contribution in [0.4, 0.5) is 22.7 Å². The molecule has 0 saturated heterocycles. The van der Waals surface area contributed by atoms with E-state index in [1.807, 2.05) is 12.3 Å². The quantitative estimate of drug-likeness (QED) is 0.128. The van der Waals surface area contributed by atoms with Crippen molar-refractivity contribution in [3.8, 4) is 50.7 Å². The molecular weight excluding hydrogens is 1060 g/mol. The number of aromatic nitrogens is 2. The van der Waals surface area contributed by atoms with E-state index < -0.39 is 0 Å². The molecule has 1 aliphatic carbocycles. The van der Waals surface area contributed by atoms with Gasteiger partial charge in [0, 0.05) is 77.9 Å². The van der Waals surface area contributed by atoms with Crippen LogP contribution in [0.15, 0.2) is 231 Å². The van der Waals surface area contributed by atoms with Crippen molar-refractivity contribution in [2.24, 2.45) is 0 Å². The van der Waals surface area contributed by atoms with Crippen LogP contribution in [0, 0.1) is 18.8 Å². The van der Waals surface area contributed by atoms with Crippen LogP contribution >= 0.6 is 0 Å². The minimum atomic E-state index is -0.0644. The van der Waals surface area contributed by atoms with Crippen LogP contribution in [0.1, 0.15) is 43.2 Å². The van der Waals surface area contributed by atoms with Gasteiger partial charge in [0.05, 0.1) is 0 Å². The van der Waals surface area contributed by atoms with Crippen molar-refractivity contribution in [2.75, 3.05) is 9.80 Å². The van der Waals surface area contributed by atoms with Gasteiger partial charge in [-0.1, -0.05) is 195 Å². The molecule has 2 aliphatic rings. The summed E-state index contributed by atoms with van der Waals surface area (Å²) in [6.45, 7) is 2.20. The molecule has 0 radical (unpaired) electrons. The molecule has 0 spiro atoms. The number of fused-ring (bicyclic) bond motifs is 4.